The second-order valence-electron chi connectivity index (χ2n) is 7.59. The number of hydrogen-bond acceptors (Lipinski definition) is 5. The monoisotopic (exact) mass is 371 g/mol. The summed E-state index contributed by atoms with van der Waals surface area (Å²) >= 11 is 0. The summed E-state index contributed by atoms with van der Waals surface area (Å²) in [6, 6.07) is 7.75. The van der Waals surface area contributed by atoms with Crippen molar-refractivity contribution in [3.8, 4) is 5.75 Å². The first kappa shape index (κ1) is 18.9. The fourth-order valence-electron chi connectivity index (χ4n) is 3.13. The lowest BCUT2D eigenvalue weighted by molar-refractivity contribution is 0.0222. The van der Waals surface area contributed by atoms with Crippen LogP contribution >= 0.6 is 0 Å². The van der Waals surface area contributed by atoms with Gasteiger partial charge in [0, 0.05) is 24.2 Å². The van der Waals surface area contributed by atoms with Crippen LogP contribution < -0.4 is 4.74 Å². The normalized spacial score (nSPS) is 13.9. The predicted molar refractivity (Wildman–Crippen MR) is 100 cm³/mol. The molecule has 1 amide bonds. The molecule has 144 valence electrons. The molecule has 0 atom stereocenters. The van der Waals surface area contributed by atoms with Gasteiger partial charge in [0.2, 0.25) is 0 Å². The number of amides is 1. The number of methoxy groups -OCH3 is 1. The van der Waals surface area contributed by atoms with Crippen LogP contribution in [0.1, 0.15) is 48.1 Å². The fraction of sp³-hybridized carbons (Fsp3) is 0.450. The molecular formula is C20H25N3O4. The number of benzene rings is 1. The number of fused-ring (bicyclic) bond motifs is 1. The lowest BCUT2D eigenvalue weighted by atomic mass is 10.1. The van der Waals surface area contributed by atoms with Crippen LogP contribution in [0.3, 0.4) is 0 Å². The van der Waals surface area contributed by atoms with E-state index < -0.39 is 5.60 Å². The molecule has 7 nitrogen and oxygen atoms in total. The Morgan fingerprint density at radius 3 is 2.56 bits per heavy atom. The highest BCUT2D eigenvalue weighted by Gasteiger charge is 2.30. The quantitative estimate of drug-likeness (QED) is 0.773. The summed E-state index contributed by atoms with van der Waals surface area (Å²) in [5.74, 6) is 0.794. The van der Waals surface area contributed by atoms with Crippen molar-refractivity contribution in [3.63, 3.8) is 0 Å². The van der Waals surface area contributed by atoms with Crippen molar-refractivity contribution in [1.29, 1.82) is 0 Å². The Morgan fingerprint density at radius 2 is 1.96 bits per heavy atom. The van der Waals surface area contributed by atoms with E-state index in [4.69, 9.17) is 9.47 Å². The summed E-state index contributed by atoms with van der Waals surface area (Å²) in [5, 5.41) is 4.46. The topological polar surface area (TPSA) is 73.7 Å². The molecular weight excluding hydrogens is 346 g/mol. The smallest absolute Gasteiger partial charge is 0.410 e. The van der Waals surface area contributed by atoms with Gasteiger partial charge in [0.15, 0.2) is 6.29 Å². The summed E-state index contributed by atoms with van der Waals surface area (Å²) in [5.41, 5.74) is 2.69. The molecule has 3 rings (SSSR count). The van der Waals surface area contributed by atoms with Gasteiger partial charge in [-0.25, -0.2) is 4.79 Å². The Kier molecular flexibility index (Phi) is 5.21. The zero-order valence-corrected chi connectivity index (χ0v) is 16.2. The Labute approximate surface area is 158 Å². The van der Waals surface area contributed by atoms with E-state index in [1.54, 1.807) is 12.0 Å². The van der Waals surface area contributed by atoms with Gasteiger partial charge in [-0.1, -0.05) is 12.1 Å². The third-order valence-electron chi connectivity index (χ3n) is 4.42. The third kappa shape index (κ3) is 4.30. The Hall–Kier alpha value is -2.83. The van der Waals surface area contributed by atoms with E-state index >= 15 is 0 Å². The number of rotatable bonds is 4. The van der Waals surface area contributed by atoms with Gasteiger partial charge < -0.3 is 14.4 Å². The highest BCUT2D eigenvalue weighted by molar-refractivity contribution is 5.76. The molecule has 7 heteroatoms. The van der Waals surface area contributed by atoms with Crippen LogP contribution in [0.15, 0.2) is 24.3 Å². The first-order chi connectivity index (χ1) is 12.8. The fourth-order valence-corrected chi connectivity index (χ4v) is 3.13. The number of aldehydes is 1. The minimum Gasteiger partial charge on any atom is -0.497 e. The molecule has 1 aromatic heterocycles. The van der Waals surface area contributed by atoms with Gasteiger partial charge in [0.05, 0.1) is 20.2 Å². The SMILES string of the molecule is COc1ccc(Cn2nc(C=O)c3c2CCN(C(=O)OC(C)(C)C)C3)cc1. The van der Waals surface area contributed by atoms with Gasteiger partial charge in [-0.15, -0.1) is 0 Å². The average Bonchev–Trinajstić information content (AvgIpc) is 2.98. The van der Waals surface area contributed by atoms with Crippen LogP contribution in [0.4, 0.5) is 4.79 Å². The van der Waals surface area contributed by atoms with Crippen molar-refractivity contribution >= 4 is 12.4 Å². The van der Waals surface area contributed by atoms with E-state index in [2.05, 4.69) is 5.10 Å². The number of aromatic nitrogens is 2. The molecule has 0 N–H and O–H groups in total. The summed E-state index contributed by atoms with van der Waals surface area (Å²) in [4.78, 5) is 25.5. The second-order valence-corrected chi connectivity index (χ2v) is 7.59. The van der Waals surface area contributed by atoms with Crippen LogP contribution in [0.2, 0.25) is 0 Å². The Bertz CT molecular complexity index is 834. The van der Waals surface area contributed by atoms with Crippen LogP contribution in [-0.4, -0.2) is 46.3 Å². The first-order valence-electron chi connectivity index (χ1n) is 8.95. The van der Waals surface area contributed by atoms with Crippen LogP contribution in [0, 0.1) is 0 Å². The van der Waals surface area contributed by atoms with Gasteiger partial charge >= 0.3 is 6.09 Å². The molecule has 0 bridgehead atoms. The molecule has 1 aliphatic rings. The number of carbonyl (C=O) groups excluding carboxylic acids is 2. The lowest BCUT2D eigenvalue weighted by Crippen LogP contribution is -2.40. The molecule has 0 saturated carbocycles. The first-order valence-corrected chi connectivity index (χ1v) is 8.95. The predicted octanol–water partition coefficient (Wildman–Crippen LogP) is 3.05. The maximum absolute atomic E-state index is 12.4. The third-order valence-corrected chi connectivity index (χ3v) is 4.42. The Balaban J connectivity index is 1.81. The van der Waals surface area contributed by atoms with E-state index in [-0.39, 0.29) is 6.09 Å². The van der Waals surface area contributed by atoms with E-state index in [0.29, 0.717) is 31.7 Å². The standard InChI is InChI=1S/C20H25N3O4/c1-20(2,3)27-19(25)22-10-9-18-16(12-22)17(13-24)21-23(18)11-14-5-7-15(26-4)8-6-14/h5-8,13H,9-12H2,1-4H3. The summed E-state index contributed by atoms with van der Waals surface area (Å²) in [6.07, 6.45) is 1.01. The minimum atomic E-state index is -0.552. The molecule has 0 aliphatic carbocycles. The van der Waals surface area contributed by atoms with Crippen molar-refractivity contribution in [3.05, 3.63) is 46.8 Å². The Morgan fingerprint density at radius 1 is 1.26 bits per heavy atom. The van der Waals surface area contributed by atoms with E-state index in [1.165, 1.54) is 0 Å². The number of carbonyl (C=O) groups is 2. The molecule has 27 heavy (non-hydrogen) atoms. The number of hydrogen-bond donors (Lipinski definition) is 0. The molecule has 2 heterocycles. The summed E-state index contributed by atoms with van der Waals surface area (Å²) in [7, 11) is 1.63. The van der Waals surface area contributed by atoms with Crippen molar-refractivity contribution in [1.82, 2.24) is 14.7 Å². The van der Waals surface area contributed by atoms with Crippen LogP contribution in [0.5, 0.6) is 5.75 Å². The van der Waals surface area contributed by atoms with Gasteiger partial charge in [-0.05, 0) is 38.5 Å². The lowest BCUT2D eigenvalue weighted by Gasteiger charge is -2.30. The number of ether oxygens (including phenoxy) is 2. The zero-order chi connectivity index (χ0) is 19.6. The van der Waals surface area contributed by atoms with Gasteiger partial charge in [0.25, 0.3) is 0 Å². The molecule has 0 fully saturated rings. The average molecular weight is 371 g/mol. The molecule has 1 aromatic carbocycles. The molecule has 1 aliphatic heterocycles. The molecule has 0 saturated heterocycles. The number of nitrogens with zero attached hydrogens (tertiary/aromatic N) is 3. The summed E-state index contributed by atoms with van der Waals surface area (Å²) < 4.78 is 12.5. The van der Waals surface area contributed by atoms with Gasteiger partial charge in [-0.2, -0.15) is 5.10 Å². The molecule has 0 spiro atoms. The second kappa shape index (κ2) is 7.42. The van der Waals surface area contributed by atoms with Crippen molar-refractivity contribution in [2.24, 2.45) is 0 Å². The van der Waals surface area contributed by atoms with Crippen molar-refractivity contribution in [2.45, 2.75) is 45.9 Å². The van der Waals surface area contributed by atoms with Crippen molar-refractivity contribution < 1.29 is 19.1 Å². The highest BCUT2D eigenvalue weighted by Crippen LogP contribution is 2.24. The molecule has 0 radical (unpaired) electrons. The van der Waals surface area contributed by atoms with Gasteiger partial charge in [0.1, 0.15) is 17.0 Å². The largest absolute Gasteiger partial charge is 0.497 e. The maximum Gasteiger partial charge on any atom is 0.410 e. The molecule has 2 aromatic rings. The minimum absolute atomic E-state index is 0.334. The summed E-state index contributed by atoms with van der Waals surface area (Å²) in [6.45, 7) is 6.94. The highest BCUT2D eigenvalue weighted by atomic mass is 16.6. The van der Waals surface area contributed by atoms with Crippen LogP contribution in [-0.2, 0) is 24.2 Å². The molecule has 0 unspecified atom stereocenters. The van der Waals surface area contributed by atoms with E-state index in [0.717, 1.165) is 28.9 Å². The van der Waals surface area contributed by atoms with E-state index in [1.807, 2.05) is 49.7 Å². The maximum atomic E-state index is 12.4. The van der Waals surface area contributed by atoms with Crippen LogP contribution in [0.25, 0.3) is 0 Å². The zero-order valence-electron chi connectivity index (χ0n) is 16.2. The van der Waals surface area contributed by atoms with Crippen molar-refractivity contribution in [2.75, 3.05) is 13.7 Å². The van der Waals surface area contributed by atoms with Gasteiger partial charge in [-0.3, -0.25) is 9.48 Å². The van der Waals surface area contributed by atoms with E-state index in [9.17, 15) is 9.59 Å².